The molecule has 1 aromatic heterocycles. The molecule has 1 aromatic carbocycles. The first-order valence-electron chi connectivity index (χ1n) is 5.49. The van der Waals surface area contributed by atoms with E-state index < -0.39 is 0 Å². The summed E-state index contributed by atoms with van der Waals surface area (Å²) in [6, 6.07) is 7.76. The number of nitrogens with zero attached hydrogens (tertiary/aromatic N) is 3. The summed E-state index contributed by atoms with van der Waals surface area (Å²) in [4.78, 5) is 4.46. The summed E-state index contributed by atoms with van der Waals surface area (Å²) < 4.78 is 6.96. The summed E-state index contributed by atoms with van der Waals surface area (Å²) in [5, 5.41) is 4.32. The van der Waals surface area contributed by atoms with Crippen LogP contribution in [0.3, 0.4) is 0 Å². The first kappa shape index (κ1) is 11.6. The molecule has 0 unspecified atom stereocenters. The van der Waals surface area contributed by atoms with E-state index in [9.17, 15) is 0 Å². The third kappa shape index (κ3) is 2.45. The lowest BCUT2D eigenvalue weighted by molar-refractivity contribution is 0.415. The third-order valence-electron chi connectivity index (χ3n) is 2.50. The normalized spacial score (nSPS) is 10.5. The number of hydrogen-bond acceptors (Lipinski definition) is 4. The number of nitrogens with two attached hydrogens (primary N) is 1. The van der Waals surface area contributed by atoms with E-state index in [1.165, 1.54) is 0 Å². The molecule has 0 aliphatic heterocycles. The lowest BCUT2D eigenvalue weighted by Gasteiger charge is -2.03. The Morgan fingerprint density at radius 2 is 2.24 bits per heavy atom. The minimum absolute atomic E-state index is 0.557. The quantitative estimate of drug-likeness (QED) is 0.853. The summed E-state index contributed by atoms with van der Waals surface area (Å²) in [6.45, 7) is 0.557. The van der Waals surface area contributed by atoms with E-state index in [1.54, 1.807) is 11.8 Å². The number of ether oxygens (including phenoxy) is 1. The molecule has 0 aliphatic rings. The van der Waals surface area contributed by atoms with Gasteiger partial charge in [-0.1, -0.05) is 12.1 Å². The molecule has 0 bridgehead atoms. The molecule has 0 aliphatic carbocycles. The summed E-state index contributed by atoms with van der Waals surface area (Å²) >= 11 is 0. The van der Waals surface area contributed by atoms with E-state index in [1.807, 2.05) is 31.3 Å². The van der Waals surface area contributed by atoms with Crippen molar-refractivity contribution in [3.05, 3.63) is 30.1 Å². The van der Waals surface area contributed by atoms with Crippen molar-refractivity contribution in [3.8, 4) is 17.1 Å². The van der Waals surface area contributed by atoms with Crippen molar-refractivity contribution in [1.29, 1.82) is 0 Å². The van der Waals surface area contributed by atoms with Crippen molar-refractivity contribution in [3.63, 3.8) is 0 Å². The van der Waals surface area contributed by atoms with Gasteiger partial charge in [-0.15, -0.1) is 0 Å². The molecule has 1 heterocycles. The van der Waals surface area contributed by atoms with Crippen molar-refractivity contribution in [1.82, 2.24) is 14.8 Å². The smallest absolute Gasteiger partial charge is 0.158 e. The Morgan fingerprint density at radius 1 is 1.41 bits per heavy atom. The van der Waals surface area contributed by atoms with Gasteiger partial charge in [0.1, 0.15) is 5.75 Å². The molecule has 5 nitrogen and oxygen atoms in total. The summed E-state index contributed by atoms with van der Waals surface area (Å²) in [7, 11) is 3.53. The molecule has 0 atom stereocenters. The van der Waals surface area contributed by atoms with Gasteiger partial charge in [0, 0.05) is 19.0 Å². The van der Waals surface area contributed by atoms with Gasteiger partial charge in [0.25, 0.3) is 0 Å². The highest BCUT2D eigenvalue weighted by Crippen LogP contribution is 2.21. The predicted octanol–water partition coefficient (Wildman–Crippen LogP) is 0.992. The van der Waals surface area contributed by atoms with Crippen LogP contribution in [0.2, 0.25) is 0 Å². The highest BCUT2D eigenvalue weighted by Gasteiger charge is 2.09. The number of hydrogen-bond donors (Lipinski definition) is 1. The first-order valence-corrected chi connectivity index (χ1v) is 5.49. The third-order valence-corrected chi connectivity index (χ3v) is 2.50. The molecule has 2 N–H and O–H groups in total. The Bertz CT molecular complexity index is 507. The van der Waals surface area contributed by atoms with Crippen LogP contribution in [-0.4, -0.2) is 28.4 Å². The van der Waals surface area contributed by atoms with Crippen LogP contribution >= 0.6 is 0 Å². The van der Waals surface area contributed by atoms with Crippen molar-refractivity contribution in [2.24, 2.45) is 12.8 Å². The fourth-order valence-corrected chi connectivity index (χ4v) is 1.69. The number of rotatable bonds is 4. The fraction of sp³-hybridized carbons (Fsp3) is 0.333. The van der Waals surface area contributed by atoms with E-state index in [2.05, 4.69) is 10.1 Å². The van der Waals surface area contributed by atoms with Crippen LogP contribution in [0.1, 0.15) is 5.82 Å². The van der Waals surface area contributed by atoms with E-state index in [0.29, 0.717) is 13.0 Å². The lowest BCUT2D eigenvalue weighted by Crippen LogP contribution is -2.04. The van der Waals surface area contributed by atoms with Crippen LogP contribution < -0.4 is 10.5 Å². The van der Waals surface area contributed by atoms with Gasteiger partial charge >= 0.3 is 0 Å². The van der Waals surface area contributed by atoms with Crippen LogP contribution in [-0.2, 0) is 13.5 Å². The average Bonchev–Trinajstić information content (AvgIpc) is 2.71. The average molecular weight is 232 g/mol. The number of aromatic nitrogens is 3. The van der Waals surface area contributed by atoms with Crippen molar-refractivity contribution in [2.75, 3.05) is 13.7 Å². The second kappa shape index (κ2) is 4.97. The molecular weight excluding hydrogens is 216 g/mol. The maximum Gasteiger partial charge on any atom is 0.158 e. The van der Waals surface area contributed by atoms with Gasteiger partial charge in [-0.2, -0.15) is 5.10 Å². The molecule has 90 valence electrons. The molecule has 0 spiro atoms. The number of methoxy groups -OCH3 is 1. The monoisotopic (exact) mass is 232 g/mol. The molecule has 17 heavy (non-hydrogen) atoms. The van der Waals surface area contributed by atoms with Gasteiger partial charge in [0.15, 0.2) is 11.6 Å². The Hall–Kier alpha value is -1.88. The van der Waals surface area contributed by atoms with Gasteiger partial charge in [0.05, 0.1) is 7.11 Å². The number of aryl methyl sites for hydroxylation is 1. The molecule has 0 radical (unpaired) electrons. The zero-order valence-corrected chi connectivity index (χ0v) is 10.1. The Kier molecular flexibility index (Phi) is 3.39. The van der Waals surface area contributed by atoms with E-state index >= 15 is 0 Å². The van der Waals surface area contributed by atoms with Gasteiger partial charge < -0.3 is 10.5 Å². The first-order chi connectivity index (χ1) is 8.24. The molecule has 2 rings (SSSR count). The molecular formula is C12H16N4O. The molecule has 0 fully saturated rings. The van der Waals surface area contributed by atoms with Crippen LogP contribution in [0.25, 0.3) is 11.4 Å². The topological polar surface area (TPSA) is 66.0 Å². The van der Waals surface area contributed by atoms with Crippen molar-refractivity contribution >= 4 is 0 Å². The standard InChI is InChI=1S/C12H16N4O/c1-16-12(14-11(15-16)6-7-13)9-4-3-5-10(8-9)17-2/h3-5,8H,6-7,13H2,1-2H3. The molecule has 0 amide bonds. The summed E-state index contributed by atoms with van der Waals surface area (Å²) in [5.74, 6) is 2.41. The van der Waals surface area contributed by atoms with Crippen molar-refractivity contribution in [2.45, 2.75) is 6.42 Å². The molecule has 5 heteroatoms. The Labute approximate surface area is 100 Å². The second-order valence-electron chi connectivity index (χ2n) is 3.75. The van der Waals surface area contributed by atoms with E-state index in [-0.39, 0.29) is 0 Å². The predicted molar refractivity (Wildman–Crippen MR) is 65.7 cm³/mol. The van der Waals surface area contributed by atoms with Gasteiger partial charge in [0.2, 0.25) is 0 Å². The summed E-state index contributed by atoms with van der Waals surface area (Å²) in [5.41, 5.74) is 6.48. The van der Waals surface area contributed by atoms with Gasteiger partial charge in [-0.05, 0) is 18.7 Å². The van der Waals surface area contributed by atoms with Gasteiger partial charge in [-0.3, -0.25) is 0 Å². The largest absolute Gasteiger partial charge is 0.497 e. The fourth-order valence-electron chi connectivity index (χ4n) is 1.69. The Balaban J connectivity index is 2.37. The second-order valence-corrected chi connectivity index (χ2v) is 3.75. The highest BCUT2D eigenvalue weighted by atomic mass is 16.5. The zero-order valence-electron chi connectivity index (χ0n) is 10.1. The van der Waals surface area contributed by atoms with Crippen LogP contribution in [0, 0.1) is 0 Å². The lowest BCUT2D eigenvalue weighted by atomic mass is 10.2. The van der Waals surface area contributed by atoms with Gasteiger partial charge in [-0.25, -0.2) is 9.67 Å². The van der Waals surface area contributed by atoms with Crippen molar-refractivity contribution < 1.29 is 4.74 Å². The van der Waals surface area contributed by atoms with E-state index in [0.717, 1.165) is 23.0 Å². The number of benzene rings is 1. The van der Waals surface area contributed by atoms with Crippen LogP contribution in [0.4, 0.5) is 0 Å². The zero-order chi connectivity index (χ0) is 12.3. The molecule has 0 saturated heterocycles. The molecule has 2 aromatic rings. The maximum atomic E-state index is 5.49. The Morgan fingerprint density at radius 3 is 2.94 bits per heavy atom. The minimum atomic E-state index is 0.557. The van der Waals surface area contributed by atoms with Crippen LogP contribution in [0.5, 0.6) is 5.75 Å². The summed E-state index contributed by atoms with van der Waals surface area (Å²) in [6.07, 6.45) is 0.692. The highest BCUT2D eigenvalue weighted by molar-refractivity contribution is 5.57. The molecule has 0 saturated carbocycles. The van der Waals surface area contributed by atoms with E-state index in [4.69, 9.17) is 10.5 Å². The maximum absolute atomic E-state index is 5.49. The van der Waals surface area contributed by atoms with Crippen LogP contribution in [0.15, 0.2) is 24.3 Å². The SMILES string of the molecule is COc1cccc(-c2nc(CCN)nn2C)c1. The minimum Gasteiger partial charge on any atom is -0.497 e.